The summed E-state index contributed by atoms with van der Waals surface area (Å²) >= 11 is 0. The van der Waals surface area contributed by atoms with Gasteiger partial charge in [-0.2, -0.15) is 0 Å². The monoisotopic (exact) mass is 335 g/mol. The van der Waals surface area contributed by atoms with Crippen LogP contribution in [0.1, 0.15) is 18.2 Å². The minimum Gasteiger partial charge on any atom is -0.494 e. The van der Waals surface area contributed by atoms with Gasteiger partial charge in [-0.05, 0) is 36.8 Å². The largest absolute Gasteiger partial charge is 0.494 e. The van der Waals surface area contributed by atoms with E-state index in [9.17, 15) is 14.0 Å². The molecule has 0 unspecified atom stereocenters. The van der Waals surface area contributed by atoms with Crippen molar-refractivity contribution in [3.63, 3.8) is 0 Å². The molecule has 1 heterocycles. The van der Waals surface area contributed by atoms with Crippen LogP contribution in [0, 0.1) is 5.82 Å². The molecular formula is C17H18FNO5. The normalized spacial score (nSPS) is 11.6. The van der Waals surface area contributed by atoms with Crippen molar-refractivity contribution in [2.24, 2.45) is 0 Å². The Hall–Kier alpha value is -2.83. The Balaban J connectivity index is 1.82. The molecule has 2 aromatic rings. The number of halogens is 1. The van der Waals surface area contributed by atoms with Gasteiger partial charge < -0.3 is 19.2 Å². The quantitative estimate of drug-likeness (QED) is 0.785. The molecule has 0 aliphatic rings. The fourth-order valence-corrected chi connectivity index (χ4v) is 2.01. The molecule has 1 aromatic heterocycles. The summed E-state index contributed by atoms with van der Waals surface area (Å²) in [7, 11) is 1.36. The summed E-state index contributed by atoms with van der Waals surface area (Å²) in [4.78, 5) is 23.7. The summed E-state index contributed by atoms with van der Waals surface area (Å²) < 4.78 is 28.5. The van der Waals surface area contributed by atoms with E-state index in [1.807, 2.05) is 0 Å². The summed E-state index contributed by atoms with van der Waals surface area (Å²) in [6, 6.07) is 7.61. The second kappa shape index (κ2) is 8.14. The fraction of sp³-hybridized carbons (Fsp3) is 0.294. The van der Waals surface area contributed by atoms with E-state index in [1.54, 1.807) is 18.2 Å². The number of amides is 1. The van der Waals surface area contributed by atoms with Gasteiger partial charge in [-0.3, -0.25) is 9.59 Å². The second-order valence-electron chi connectivity index (χ2n) is 5.07. The van der Waals surface area contributed by atoms with Crippen LogP contribution in [0.25, 0.3) is 0 Å². The molecule has 128 valence electrons. The highest BCUT2D eigenvalue weighted by atomic mass is 19.1. The third-order valence-corrected chi connectivity index (χ3v) is 3.26. The van der Waals surface area contributed by atoms with Crippen molar-refractivity contribution in [3.8, 4) is 5.75 Å². The molecule has 0 saturated heterocycles. The van der Waals surface area contributed by atoms with Crippen molar-refractivity contribution in [2.45, 2.75) is 26.0 Å². The number of hydrogen-bond donors (Lipinski definition) is 1. The first kappa shape index (κ1) is 17.5. The Morgan fingerprint density at radius 1 is 1.33 bits per heavy atom. The molecular weight excluding hydrogens is 317 g/mol. The molecule has 1 N–H and O–H groups in total. The predicted molar refractivity (Wildman–Crippen MR) is 82.8 cm³/mol. The molecule has 0 saturated carbocycles. The van der Waals surface area contributed by atoms with Crippen LogP contribution in [-0.4, -0.2) is 25.1 Å². The third kappa shape index (κ3) is 4.84. The van der Waals surface area contributed by atoms with E-state index >= 15 is 0 Å². The Kier molecular flexibility index (Phi) is 5.95. The fourth-order valence-electron chi connectivity index (χ4n) is 2.01. The van der Waals surface area contributed by atoms with E-state index in [0.29, 0.717) is 11.3 Å². The summed E-state index contributed by atoms with van der Waals surface area (Å²) in [5.41, 5.74) is 0.432. The topological polar surface area (TPSA) is 77.8 Å². The zero-order valence-corrected chi connectivity index (χ0v) is 13.4. The molecule has 1 amide bonds. The summed E-state index contributed by atoms with van der Waals surface area (Å²) in [6.07, 6.45) is 0.394. The Morgan fingerprint density at radius 3 is 2.75 bits per heavy atom. The minimum absolute atomic E-state index is 0.0952. The van der Waals surface area contributed by atoms with Crippen molar-refractivity contribution in [1.29, 1.82) is 0 Å². The number of carbonyl (C=O) groups excluding carboxylic acids is 2. The van der Waals surface area contributed by atoms with Gasteiger partial charge in [-0.25, -0.2) is 4.39 Å². The Morgan fingerprint density at radius 2 is 2.12 bits per heavy atom. The number of hydrogen-bond acceptors (Lipinski definition) is 5. The number of ether oxygens (including phenoxy) is 2. The van der Waals surface area contributed by atoms with Gasteiger partial charge in [0.25, 0.3) is 5.91 Å². The van der Waals surface area contributed by atoms with E-state index in [1.165, 1.54) is 32.4 Å². The number of nitrogens with one attached hydrogen (secondary N) is 1. The standard InChI is InChI=1S/C17H18FNO5/c1-11(17(21)19-10-13-4-3-7-23-13)24-16(20)9-12-5-6-15(22-2)14(18)8-12/h3-8,11H,9-10H2,1-2H3,(H,19,21)/t11-/m1/s1. The van der Waals surface area contributed by atoms with Crippen molar-refractivity contribution in [2.75, 3.05) is 7.11 Å². The molecule has 0 spiro atoms. The van der Waals surface area contributed by atoms with Gasteiger partial charge in [0.15, 0.2) is 17.7 Å². The van der Waals surface area contributed by atoms with Crippen LogP contribution in [0.2, 0.25) is 0 Å². The van der Waals surface area contributed by atoms with Crippen molar-refractivity contribution in [1.82, 2.24) is 5.32 Å². The number of methoxy groups -OCH3 is 1. The molecule has 0 radical (unpaired) electrons. The van der Waals surface area contributed by atoms with E-state index < -0.39 is 23.8 Å². The maximum Gasteiger partial charge on any atom is 0.311 e. The number of rotatable bonds is 7. The van der Waals surface area contributed by atoms with Gasteiger partial charge in [-0.15, -0.1) is 0 Å². The maximum atomic E-state index is 13.6. The Bertz CT molecular complexity index is 699. The maximum absolute atomic E-state index is 13.6. The third-order valence-electron chi connectivity index (χ3n) is 3.26. The Labute approximate surface area is 138 Å². The molecule has 24 heavy (non-hydrogen) atoms. The number of furan rings is 1. The van der Waals surface area contributed by atoms with Gasteiger partial charge in [0.1, 0.15) is 5.76 Å². The molecule has 0 bridgehead atoms. The van der Waals surface area contributed by atoms with E-state index in [-0.39, 0.29) is 18.7 Å². The average molecular weight is 335 g/mol. The minimum atomic E-state index is -0.962. The second-order valence-corrected chi connectivity index (χ2v) is 5.07. The molecule has 0 fully saturated rings. The highest BCUT2D eigenvalue weighted by Gasteiger charge is 2.18. The first-order valence-corrected chi connectivity index (χ1v) is 7.31. The summed E-state index contributed by atoms with van der Waals surface area (Å²) in [6.45, 7) is 1.67. The predicted octanol–water partition coefficient (Wildman–Crippen LogP) is 2.22. The number of benzene rings is 1. The molecule has 6 nitrogen and oxygen atoms in total. The highest BCUT2D eigenvalue weighted by molar-refractivity contribution is 5.83. The number of esters is 1. The average Bonchev–Trinajstić information content (AvgIpc) is 3.06. The SMILES string of the molecule is COc1ccc(CC(=O)O[C@H](C)C(=O)NCc2ccco2)cc1F. The molecule has 1 aromatic carbocycles. The van der Waals surface area contributed by atoms with E-state index in [0.717, 1.165) is 0 Å². The van der Waals surface area contributed by atoms with Crippen LogP contribution in [0.15, 0.2) is 41.0 Å². The zero-order valence-electron chi connectivity index (χ0n) is 13.4. The lowest BCUT2D eigenvalue weighted by Gasteiger charge is -2.13. The lowest BCUT2D eigenvalue weighted by molar-refractivity contribution is -0.154. The van der Waals surface area contributed by atoms with Gasteiger partial charge in [-0.1, -0.05) is 6.07 Å². The van der Waals surface area contributed by atoms with E-state index in [2.05, 4.69) is 5.32 Å². The molecule has 2 rings (SSSR count). The van der Waals surface area contributed by atoms with Crippen LogP contribution >= 0.6 is 0 Å². The van der Waals surface area contributed by atoms with Crippen LogP contribution < -0.4 is 10.1 Å². The van der Waals surface area contributed by atoms with Crippen LogP contribution in [0.5, 0.6) is 5.75 Å². The molecule has 0 aliphatic carbocycles. The number of carbonyl (C=O) groups is 2. The van der Waals surface area contributed by atoms with E-state index in [4.69, 9.17) is 13.9 Å². The van der Waals surface area contributed by atoms with Crippen LogP contribution in [0.4, 0.5) is 4.39 Å². The van der Waals surface area contributed by atoms with Crippen molar-refractivity contribution >= 4 is 11.9 Å². The molecule has 1 atom stereocenters. The van der Waals surface area contributed by atoms with Gasteiger partial charge >= 0.3 is 5.97 Å². The van der Waals surface area contributed by atoms with Crippen LogP contribution in [0.3, 0.4) is 0 Å². The van der Waals surface area contributed by atoms with Crippen molar-refractivity contribution < 1.29 is 27.9 Å². The smallest absolute Gasteiger partial charge is 0.311 e. The lowest BCUT2D eigenvalue weighted by Crippen LogP contribution is -2.35. The lowest BCUT2D eigenvalue weighted by atomic mass is 10.1. The summed E-state index contributed by atoms with van der Waals surface area (Å²) in [5.74, 6) is -0.943. The van der Waals surface area contributed by atoms with Crippen LogP contribution in [-0.2, 0) is 27.3 Å². The summed E-state index contributed by atoms with van der Waals surface area (Å²) in [5, 5.41) is 2.59. The van der Waals surface area contributed by atoms with Gasteiger partial charge in [0.2, 0.25) is 0 Å². The van der Waals surface area contributed by atoms with Crippen molar-refractivity contribution in [3.05, 3.63) is 53.7 Å². The zero-order chi connectivity index (χ0) is 17.5. The van der Waals surface area contributed by atoms with Gasteiger partial charge in [0, 0.05) is 0 Å². The molecule has 7 heteroatoms. The first-order chi connectivity index (χ1) is 11.5. The highest BCUT2D eigenvalue weighted by Crippen LogP contribution is 2.18. The molecule has 0 aliphatic heterocycles. The first-order valence-electron chi connectivity index (χ1n) is 7.31. The van der Waals surface area contributed by atoms with Gasteiger partial charge in [0.05, 0.1) is 26.3 Å².